The van der Waals surface area contributed by atoms with Gasteiger partial charge in [-0.25, -0.2) is 13.6 Å². The molecule has 0 amide bonds. The molecule has 1 aromatic heterocycles. The molecule has 3 heterocycles. The third-order valence-corrected chi connectivity index (χ3v) is 10.9. The molecule has 4 aliphatic rings. The molecule has 3 fully saturated rings. The number of nitrogens with one attached hydrogen (secondary N) is 1. The summed E-state index contributed by atoms with van der Waals surface area (Å²) in [7, 11) is 0. The van der Waals surface area contributed by atoms with Gasteiger partial charge < -0.3 is 44.7 Å². The second-order valence-electron chi connectivity index (χ2n) is 14.1. The van der Waals surface area contributed by atoms with Gasteiger partial charge in [0.15, 0.2) is 6.10 Å². The van der Waals surface area contributed by atoms with Crippen LogP contribution in [0.4, 0.5) is 8.78 Å². The number of aliphatic hydroxyl groups excluding tert-OH is 4. The number of halogens is 2. The van der Waals surface area contributed by atoms with E-state index >= 15 is 8.78 Å². The first kappa shape index (κ1) is 35.5. The SMILES string of the molecule is O=C(O)[C@H]1O[C@@H](Oc2ccc(OC[C@H](O)CN3CCN(C4c5ccccc5[C@@H]5[C@H](c6ccccc64)C5(F)F)CC3)c3ccc(=O)[nH]c23)[C@H](O)[C@@H](O)[C@@H]1O. The van der Waals surface area contributed by atoms with Crippen LogP contribution in [0.1, 0.15) is 40.1 Å². The summed E-state index contributed by atoms with van der Waals surface area (Å²) >= 11 is 0. The first-order chi connectivity index (χ1) is 25.4. The molecule has 3 aromatic carbocycles. The topological polar surface area (TPSA) is 185 Å². The maximum absolute atomic E-state index is 15.1. The van der Waals surface area contributed by atoms with Crippen molar-refractivity contribution >= 4 is 16.9 Å². The maximum atomic E-state index is 15.1. The molecule has 2 saturated heterocycles. The fourth-order valence-electron chi connectivity index (χ4n) is 8.19. The zero-order chi connectivity index (χ0) is 37.2. The van der Waals surface area contributed by atoms with Crippen LogP contribution in [0.5, 0.6) is 11.5 Å². The minimum Gasteiger partial charge on any atom is -0.490 e. The first-order valence-corrected chi connectivity index (χ1v) is 17.5. The Morgan fingerprint density at radius 1 is 0.849 bits per heavy atom. The first-order valence-electron chi connectivity index (χ1n) is 17.5. The number of pyridine rings is 1. The van der Waals surface area contributed by atoms with Gasteiger partial charge in [0, 0.05) is 44.2 Å². The fourth-order valence-corrected chi connectivity index (χ4v) is 8.19. The molecule has 0 bridgehead atoms. The van der Waals surface area contributed by atoms with Gasteiger partial charge in [0.05, 0.1) is 23.4 Å². The Morgan fingerprint density at radius 3 is 2.08 bits per heavy atom. The second-order valence-corrected chi connectivity index (χ2v) is 14.1. The Bertz CT molecular complexity index is 2020. The number of fused-ring (bicyclic) bond motifs is 6. The Kier molecular flexibility index (Phi) is 9.21. The molecule has 9 atom stereocenters. The molecule has 53 heavy (non-hydrogen) atoms. The molecule has 15 heteroatoms. The van der Waals surface area contributed by atoms with Crippen LogP contribution in [0, 0.1) is 0 Å². The Labute approximate surface area is 301 Å². The molecule has 0 radical (unpaired) electrons. The van der Waals surface area contributed by atoms with Crippen molar-refractivity contribution in [1.29, 1.82) is 0 Å². The number of ether oxygens (including phenoxy) is 3. The van der Waals surface area contributed by atoms with Crippen molar-refractivity contribution in [3.05, 3.63) is 105 Å². The van der Waals surface area contributed by atoms with E-state index in [0.717, 1.165) is 11.1 Å². The molecule has 0 spiro atoms. The number of benzene rings is 3. The summed E-state index contributed by atoms with van der Waals surface area (Å²) in [4.78, 5) is 30.9. The number of nitrogens with zero attached hydrogens (tertiary/aromatic N) is 2. The van der Waals surface area contributed by atoms with E-state index in [-0.39, 0.29) is 23.9 Å². The van der Waals surface area contributed by atoms with Crippen molar-refractivity contribution in [3.63, 3.8) is 0 Å². The largest absolute Gasteiger partial charge is 0.490 e. The van der Waals surface area contributed by atoms with E-state index < -0.39 is 66.1 Å². The fraction of sp³-hybridized carbons (Fsp3) is 0.421. The molecule has 2 aliphatic heterocycles. The van der Waals surface area contributed by atoms with Crippen molar-refractivity contribution in [2.24, 2.45) is 0 Å². The highest BCUT2D eigenvalue weighted by atomic mass is 19.3. The van der Waals surface area contributed by atoms with Crippen molar-refractivity contribution in [1.82, 2.24) is 14.8 Å². The van der Waals surface area contributed by atoms with Crippen molar-refractivity contribution in [2.45, 2.75) is 60.6 Å². The Hall–Kier alpha value is -4.48. The Morgan fingerprint density at radius 2 is 1.45 bits per heavy atom. The number of hydrogen-bond acceptors (Lipinski definition) is 11. The van der Waals surface area contributed by atoms with Gasteiger partial charge in [0.25, 0.3) is 5.92 Å². The molecular weight excluding hydrogens is 696 g/mol. The molecular formula is C38H39F2N3O10. The third-order valence-electron chi connectivity index (χ3n) is 10.9. The second kappa shape index (κ2) is 13.7. The summed E-state index contributed by atoms with van der Waals surface area (Å²) in [5.41, 5.74) is 2.89. The average molecular weight is 736 g/mol. The Balaban J connectivity index is 0.921. The smallest absolute Gasteiger partial charge is 0.335 e. The third kappa shape index (κ3) is 6.35. The lowest BCUT2D eigenvalue weighted by atomic mass is 9.90. The predicted octanol–water partition coefficient (Wildman–Crippen LogP) is 1.78. The number of rotatable bonds is 9. The van der Waals surface area contributed by atoms with Crippen molar-refractivity contribution in [3.8, 4) is 11.5 Å². The van der Waals surface area contributed by atoms with Gasteiger partial charge in [-0.3, -0.25) is 14.6 Å². The van der Waals surface area contributed by atoms with E-state index in [1.165, 1.54) is 24.3 Å². The van der Waals surface area contributed by atoms with Crippen LogP contribution < -0.4 is 15.0 Å². The zero-order valence-corrected chi connectivity index (χ0v) is 28.3. The number of aromatic amines is 1. The highest BCUT2D eigenvalue weighted by Crippen LogP contribution is 2.70. The summed E-state index contributed by atoms with van der Waals surface area (Å²) in [6.07, 6.45) is -10.0. The number of piperazine rings is 1. The highest BCUT2D eigenvalue weighted by molar-refractivity contribution is 5.90. The minimum atomic E-state index is -2.77. The lowest BCUT2D eigenvalue weighted by Gasteiger charge is -2.41. The summed E-state index contributed by atoms with van der Waals surface area (Å²) in [5.74, 6) is -5.71. The van der Waals surface area contributed by atoms with Gasteiger partial charge in [0.1, 0.15) is 42.5 Å². The van der Waals surface area contributed by atoms with Crippen LogP contribution in [-0.2, 0) is 9.53 Å². The maximum Gasteiger partial charge on any atom is 0.335 e. The van der Waals surface area contributed by atoms with Crippen molar-refractivity contribution in [2.75, 3.05) is 39.3 Å². The molecule has 1 unspecified atom stereocenters. The predicted molar refractivity (Wildman–Crippen MR) is 184 cm³/mol. The molecule has 6 N–H and O–H groups in total. The number of carboxylic acid groups (broad SMARTS) is 1. The van der Waals surface area contributed by atoms with Crippen LogP contribution in [0.3, 0.4) is 0 Å². The van der Waals surface area contributed by atoms with Crippen molar-refractivity contribution < 1.29 is 53.3 Å². The monoisotopic (exact) mass is 735 g/mol. The number of H-pyrrole nitrogens is 1. The number of hydrogen-bond donors (Lipinski definition) is 6. The number of alkyl halides is 2. The standard InChI is InChI=1S/C38H39F2N3O10/c39-38(40)28-20-5-1-3-7-22(20)31(23-8-4-2-6-21(23)29(28)38)43-15-13-42(14-16-43)17-19(44)18-51-25-10-11-26(30-24(25)9-12-27(45)41-30)52-37-34(48)32(46)33(47)35(53-37)36(49)50/h1-12,19,28-29,31-35,37,44,46-48H,13-18H2,(H,41,45)(H,49,50)/t19-,28-,29+,31?,32+,33+,34-,35+,37-/m1/s1. The van der Waals surface area contributed by atoms with Gasteiger partial charge >= 0.3 is 5.97 Å². The zero-order valence-electron chi connectivity index (χ0n) is 28.3. The number of carboxylic acids is 1. The lowest BCUT2D eigenvalue weighted by molar-refractivity contribution is -0.270. The van der Waals surface area contributed by atoms with E-state index in [1.54, 1.807) is 0 Å². The van der Waals surface area contributed by atoms with E-state index in [4.69, 9.17) is 14.2 Å². The van der Waals surface area contributed by atoms with E-state index in [1.807, 2.05) is 48.5 Å². The van der Waals surface area contributed by atoms with Crippen LogP contribution in [0.15, 0.2) is 77.6 Å². The molecule has 13 nitrogen and oxygen atoms in total. The highest BCUT2D eigenvalue weighted by Gasteiger charge is 2.71. The van der Waals surface area contributed by atoms with Crippen LogP contribution in [0.25, 0.3) is 10.9 Å². The molecule has 2 aliphatic carbocycles. The summed E-state index contributed by atoms with van der Waals surface area (Å²) in [5, 5.41) is 51.4. The number of aliphatic carboxylic acids is 1. The minimum absolute atomic E-state index is 0.0232. The van der Waals surface area contributed by atoms with E-state index in [0.29, 0.717) is 55.0 Å². The number of β-amino-alcohol motifs (C(OH)–C–C–N with tert-alkyl or cyclic N) is 1. The van der Waals surface area contributed by atoms with Gasteiger partial charge in [-0.1, -0.05) is 48.5 Å². The molecule has 8 rings (SSSR count). The summed E-state index contributed by atoms with van der Waals surface area (Å²) < 4.78 is 47.1. The average Bonchev–Trinajstić information content (AvgIpc) is 3.76. The van der Waals surface area contributed by atoms with Gasteiger partial charge in [0.2, 0.25) is 11.8 Å². The van der Waals surface area contributed by atoms with Gasteiger partial charge in [-0.05, 0) is 40.5 Å². The van der Waals surface area contributed by atoms with E-state index in [9.17, 15) is 35.1 Å². The number of carbonyl (C=O) groups is 1. The van der Waals surface area contributed by atoms with Crippen LogP contribution in [0.2, 0.25) is 0 Å². The molecule has 4 aromatic rings. The van der Waals surface area contributed by atoms with Gasteiger partial charge in [-0.15, -0.1) is 0 Å². The lowest BCUT2D eigenvalue weighted by Crippen LogP contribution is -2.61. The molecule has 280 valence electrons. The number of aromatic nitrogens is 1. The summed E-state index contributed by atoms with van der Waals surface area (Å²) in [6, 6.07) is 20.6. The van der Waals surface area contributed by atoms with Crippen LogP contribution >= 0.6 is 0 Å². The van der Waals surface area contributed by atoms with E-state index in [2.05, 4.69) is 14.8 Å². The van der Waals surface area contributed by atoms with Crippen LogP contribution in [-0.4, -0.2) is 128 Å². The molecule has 1 saturated carbocycles. The quantitative estimate of drug-likeness (QED) is 0.147. The van der Waals surface area contributed by atoms with Gasteiger partial charge in [-0.2, -0.15) is 0 Å². The summed E-state index contributed by atoms with van der Waals surface area (Å²) in [6.45, 7) is 2.82. The normalized spacial score (nSPS) is 30.0. The number of aliphatic hydroxyl groups is 4.